The van der Waals surface area contributed by atoms with Gasteiger partial charge < -0.3 is 16.0 Å². The fourth-order valence-electron chi connectivity index (χ4n) is 2.17. The standard InChI is InChI=1S/C17H18N4O4/c1-12(22)20-14-8-6-13(7-9-14)17(23)19-11-10-18-15-4-2-3-5-16(15)21(24)25/h2-9,18H,10-11H2,1H3,(H,19,23)(H,20,22). The number of benzene rings is 2. The van der Waals surface area contributed by atoms with Crippen LogP contribution in [0.2, 0.25) is 0 Å². The molecule has 0 fully saturated rings. The van der Waals surface area contributed by atoms with Crippen molar-refractivity contribution in [2.45, 2.75) is 6.92 Å². The molecule has 0 atom stereocenters. The van der Waals surface area contributed by atoms with Crippen molar-refractivity contribution in [3.8, 4) is 0 Å². The molecule has 2 amide bonds. The predicted octanol–water partition coefficient (Wildman–Crippen LogP) is 2.40. The van der Waals surface area contributed by atoms with Gasteiger partial charge in [0.05, 0.1) is 4.92 Å². The van der Waals surface area contributed by atoms with Crippen LogP contribution >= 0.6 is 0 Å². The van der Waals surface area contributed by atoms with E-state index < -0.39 is 4.92 Å². The highest BCUT2D eigenvalue weighted by Gasteiger charge is 2.11. The van der Waals surface area contributed by atoms with Gasteiger partial charge in [0.15, 0.2) is 0 Å². The summed E-state index contributed by atoms with van der Waals surface area (Å²) in [6.07, 6.45) is 0. The normalized spacial score (nSPS) is 9.96. The number of nitrogens with one attached hydrogen (secondary N) is 3. The summed E-state index contributed by atoms with van der Waals surface area (Å²) in [5, 5.41) is 19.2. The Balaban J connectivity index is 1.83. The Kier molecular flexibility index (Phi) is 6.05. The second-order valence-electron chi connectivity index (χ2n) is 5.22. The van der Waals surface area contributed by atoms with Gasteiger partial charge in [0.25, 0.3) is 11.6 Å². The molecule has 8 heteroatoms. The average Bonchev–Trinajstić information content (AvgIpc) is 2.59. The molecule has 0 saturated carbocycles. The van der Waals surface area contributed by atoms with Crippen molar-refractivity contribution in [3.05, 3.63) is 64.2 Å². The summed E-state index contributed by atoms with van der Waals surface area (Å²) < 4.78 is 0. The maximum atomic E-state index is 12.0. The molecule has 8 nitrogen and oxygen atoms in total. The zero-order chi connectivity index (χ0) is 18.2. The molecule has 0 aromatic heterocycles. The Hall–Kier alpha value is -3.42. The number of para-hydroxylation sites is 2. The predicted molar refractivity (Wildman–Crippen MR) is 94.7 cm³/mol. The molecular weight excluding hydrogens is 324 g/mol. The van der Waals surface area contributed by atoms with Crippen LogP contribution in [0.5, 0.6) is 0 Å². The van der Waals surface area contributed by atoms with Gasteiger partial charge in [0.2, 0.25) is 5.91 Å². The number of nitrogens with zero attached hydrogens (tertiary/aromatic N) is 1. The van der Waals surface area contributed by atoms with Gasteiger partial charge in [-0.15, -0.1) is 0 Å². The van der Waals surface area contributed by atoms with Gasteiger partial charge in [-0.1, -0.05) is 12.1 Å². The molecule has 0 spiro atoms. The van der Waals surface area contributed by atoms with Gasteiger partial charge in [-0.3, -0.25) is 19.7 Å². The number of amides is 2. The molecular formula is C17H18N4O4. The van der Waals surface area contributed by atoms with E-state index in [4.69, 9.17) is 0 Å². The largest absolute Gasteiger partial charge is 0.378 e. The van der Waals surface area contributed by atoms with Gasteiger partial charge in [0.1, 0.15) is 5.69 Å². The monoisotopic (exact) mass is 342 g/mol. The molecule has 0 aliphatic heterocycles. The second-order valence-corrected chi connectivity index (χ2v) is 5.22. The van der Waals surface area contributed by atoms with E-state index in [1.54, 1.807) is 42.5 Å². The van der Waals surface area contributed by atoms with Gasteiger partial charge >= 0.3 is 0 Å². The maximum absolute atomic E-state index is 12.0. The van der Waals surface area contributed by atoms with Gasteiger partial charge in [-0.25, -0.2) is 0 Å². The smallest absolute Gasteiger partial charge is 0.292 e. The van der Waals surface area contributed by atoms with E-state index in [0.29, 0.717) is 30.0 Å². The number of carbonyl (C=O) groups excluding carboxylic acids is 2. The van der Waals surface area contributed by atoms with Crippen molar-refractivity contribution in [2.24, 2.45) is 0 Å². The van der Waals surface area contributed by atoms with Crippen LogP contribution in [-0.2, 0) is 4.79 Å². The number of anilines is 2. The number of hydrogen-bond acceptors (Lipinski definition) is 5. The van der Waals surface area contributed by atoms with Crippen molar-refractivity contribution < 1.29 is 14.5 Å². The summed E-state index contributed by atoms with van der Waals surface area (Å²) in [5.74, 6) is -0.447. The van der Waals surface area contributed by atoms with Crippen LogP contribution in [0.3, 0.4) is 0 Å². The topological polar surface area (TPSA) is 113 Å². The average molecular weight is 342 g/mol. The van der Waals surface area contributed by atoms with Gasteiger partial charge in [0, 0.05) is 37.3 Å². The molecule has 0 saturated heterocycles. The van der Waals surface area contributed by atoms with Crippen molar-refractivity contribution in [1.29, 1.82) is 0 Å². The first-order valence-electron chi connectivity index (χ1n) is 7.60. The Morgan fingerprint density at radius 1 is 1.04 bits per heavy atom. The minimum atomic E-state index is -0.461. The van der Waals surface area contributed by atoms with E-state index in [0.717, 1.165) is 0 Å². The summed E-state index contributed by atoms with van der Waals surface area (Å²) in [4.78, 5) is 33.4. The van der Waals surface area contributed by atoms with Crippen LogP contribution < -0.4 is 16.0 Å². The van der Waals surface area contributed by atoms with Crippen LogP contribution in [0.25, 0.3) is 0 Å². The number of nitro groups is 1. The molecule has 25 heavy (non-hydrogen) atoms. The molecule has 3 N–H and O–H groups in total. The van der Waals surface area contributed by atoms with Crippen LogP contribution in [-0.4, -0.2) is 29.8 Å². The fourth-order valence-corrected chi connectivity index (χ4v) is 2.17. The third-order valence-electron chi connectivity index (χ3n) is 3.29. The highest BCUT2D eigenvalue weighted by Crippen LogP contribution is 2.22. The first-order valence-corrected chi connectivity index (χ1v) is 7.60. The zero-order valence-electron chi connectivity index (χ0n) is 13.6. The Bertz CT molecular complexity index is 774. The number of carbonyl (C=O) groups is 2. The van der Waals surface area contributed by atoms with E-state index >= 15 is 0 Å². The highest BCUT2D eigenvalue weighted by molar-refractivity contribution is 5.95. The van der Waals surface area contributed by atoms with E-state index in [9.17, 15) is 19.7 Å². The van der Waals surface area contributed by atoms with Crippen molar-refractivity contribution in [2.75, 3.05) is 23.7 Å². The SMILES string of the molecule is CC(=O)Nc1ccc(C(=O)NCCNc2ccccc2[N+](=O)[O-])cc1. The minimum absolute atomic E-state index is 0.0117. The fraction of sp³-hybridized carbons (Fsp3) is 0.176. The van der Waals surface area contributed by atoms with Crippen LogP contribution in [0.1, 0.15) is 17.3 Å². The Labute approximate surface area is 144 Å². The summed E-state index contributed by atoms with van der Waals surface area (Å²) in [5.41, 5.74) is 1.46. The van der Waals surface area contributed by atoms with Crippen molar-refractivity contribution in [1.82, 2.24) is 5.32 Å². The highest BCUT2D eigenvalue weighted by atomic mass is 16.6. The van der Waals surface area contributed by atoms with Crippen molar-refractivity contribution >= 4 is 28.9 Å². The molecule has 0 heterocycles. The number of rotatable bonds is 7. The van der Waals surface area contributed by atoms with Gasteiger partial charge in [-0.05, 0) is 30.3 Å². The number of hydrogen-bond donors (Lipinski definition) is 3. The van der Waals surface area contributed by atoms with Crippen molar-refractivity contribution in [3.63, 3.8) is 0 Å². The lowest BCUT2D eigenvalue weighted by molar-refractivity contribution is -0.384. The summed E-state index contributed by atoms with van der Waals surface area (Å²) in [6.45, 7) is 2.06. The molecule has 2 aromatic rings. The van der Waals surface area contributed by atoms with E-state index in [1.807, 2.05) is 0 Å². The summed E-state index contributed by atoms with van der Waals surface area (Å²) in [7, 11) is 0. The maximum Gasteiger partial charge on any atom is 0.292 e. The molecule has 0 radical (unpaired) electrons. The molecule has 130 valence electrons. The van der Waals surface area contributed by atoms with E-state index in [2.05, 4.69) is 16.0 Å². The Morgan fingerprint density at radius 2 is 1.72 bits per heavy atom. The molecule has 0 unspecified atom stereocenters. The van der Waals surface area contributed by atoms with Crippen LogP contribution in [0.15, 0.2) is 48.5 Å². The zero-order valence-corrected chi connectivity index (χ0v) is 13.6. The summed E-state index contributed by atoms with van der Waals surface area (Å²) in [6, 6.07) is 12.8. The van der Waals surface area contributed by atoms with E-state index in [-0.39, 0.29) is 17.5 Å². The third kappa shape index (κ3) is 5.31. The molecule has 2 rings (SSSR count). The first-order chi connectivity index (χ1) is 12.0. The summed E-state index contributed by atoms with van der Waals surface area (Å²) >= 11 is 0. The third-order valence-corrected chi connectivity index (χ3v) is 3.29. The lowest BCUT2D eigenvalue weighted by Gasteiger charge is -2.09. The van der Waals surface area contributed by atoms with Crippen LogP contribution in [0, 0.1) is 10.1 Å². The lowest BCUT2D eigenvalue weighted by atomic mass is 10.2. The minimum Gasteiger partial charge on any atom is -0.378 e. The van der Waals surface area contributed by atoms with Gasteiger partial charge in [-0.2, -0.15) is 0 Å². The first kappa shape index (κ1) is 17.9. The quantitative estimate of drug-likeness (QED) is 0.406. The molecule has 2 aromatic carbocycles. The van der Waals surface area contributed by atoms with Crippen LogP contribution in [0.4, 0.5) is 17.1 Å². The molecule has 0 aliphatic rings. The van der Waals surface area contributed by atoms with E-state index in [1.165, 1.54) is 13.0 Å². The number of nitro benzene ring substituents is 1. The Morgan fingerprint density at radius 3 is 2.36 bits per heavy atom. The molecule has 0 aliphatic carbocycles. The second kappa shape index (κ2) is 8.44. The molecule has 0 bridgehead atoms. The lowest BCUT2D eigenvalue weighted by Crippen LogP contribution is -2.28.